The minimum Gasteiger partial charge on any atom is -0.325 e. The highest BCUT2D eigenvalue weighted by Gasteiger charge is 2.34. The van der Waals surface area contributed by atoms with Crippen LogP contribution in [0, 0.1) is 5.82 Å². The van der Waals surface area contributed by atoms with Gasteiger partial charge in [0, 0.05) is 6.92 Å². The summed E-state index contributed by atoms with van der Waals surface area (Å²) in [5.41, 5.74) is -1.66. The van der Waals surface area contributed by atoms with Crippen molar-refractivity contribution < 1.29 is 22.4 Å². The smallest absolute Gasteiger partial charge is 0.325 e. The number of alkyl halides is 3. The van der Waals surface area contributed by atoms with E-state index in [0.29, 0.717) is 12.1 Å². The number of hydrogen-bond acceptors (Lipinski definition) is 1. The van der Waals surface area contributed by atoms with Gasteiger partial charge >= 0.3 is 6.18 Å². The van der Waals surface area contributed by atoms with Crippen molar-refractivity contribution in [2.45, 2.75) is 13.1 Å². The number of rotatable bonds is 1. The zero-order valence-electron chi connectivity index (χ0n) is 7.95. The first-order chi connectivity index (χ1) is 7.21. The molecule has 1 rings (SSSR count). The molecule has 0 atom stereocenters. The molecule has 0 bridgehead atoms. The zero-order chi connectivity index (χ0) is 12.5. The van der Waals surface area contributed by atoms with Gasteiger partial charge in [0.25, 0.3) is 0 Å². The molecule has 1 aromatic carbocycles. The van der Waals surface area contributed by atoms with Crippen molar-refractivity contribution in [3.63, 3.8) is 0 Å². The number of carbonyl (C=O) groups is 1. The molecule has 88 valence electrons. The van der Waals surface area contributed by atoms with Crippen molar-refractivity contribution in [1.82, 2.24) is 0 Å². The lowest BCUT2D eigenvalue weighted by Crippen LogP contribution is -2.11. The summed E-state index contributed by atoms with van der Waals surface area (Å²) >= 11 is 5.47. The molecule has 0 saturated carbocycles. The van der Waals surface area contributed by atoms with Gasteiger partial charge in [-0.25, -0.2) is 4.39 Å². The van der Waals surface area contributed by atoms with Crippen LogP contribution in [0.15, 0.2) is 12.1 Å². The van der Waals surface area contributed by atoms with Gasteiger partial charge in [0.1, 0.15) is 5.82 Å². The average molecular weight is 256 g/mol. The zero-order valence-corrected chi connectivity index (χ0v) is 8.71. The lowest BCUT2D eigenvalue weighted by Gasteiger charge is -2.11. The third-order valence-corrected chi connectivity index (χ3v) is 1.99. The average Bonchev–Trinajstić information content (AvgIpc) is 2.07. The van der Waals surface area contributed by atoms with Crippen LogP contribution in [-0.2, 0) is 11.0 Å². The van der Waals surface area contributed by atoms with Gasteiger partial charge in [-0.05, 0) is 12.1 Å². The van der Waals surface area contributed by atoms with E-state index in [0.717, 1.165) is 6.92 Å². The summed E-state index contributed by atoms with van der Waals surface area (Å²) in [4.78, 5) is 10.6. The van der Waals surface area contributed by atoms with E-state index in [1.807, 2.05) is 0 Å². The molecule has 2 nitrogen and oxygen atoms in total. The summed E-state index contributed by atoms with van der Waals surface area (Å²) < 4.78 is 49.8. The quantitative estimate of drug-likeness (QED) is 0.765. The predicted octanol–water partition coefficient (Wildman–Crippen LogP) is 3.46. The molecule has 0 radical (unpaired) electrons. The summed E-state index contributed by atoms with van der Waals surface area (Å²) in [6.45, 7) is 1.13. The van der Waals surface area contributed by atoms with E-state index in [-0.39, 0.29) is 10.7 Å². The highest BCUT2D eigenvalue weighted by atomic mass is 35.5. The van der Waals surface area contributed by atoms with Crippen molar-refractivity contribution >= 4 is 23.2 Å². The molecule has 1 amide bonds. The third kappa shape index (κ3) is 2.85. The molecule has 0 aliphatic heterocycles. The molecule has 0 spiro atoms. The second-order valence-corrected chi connectivity index (χ2v) is 3.40. The van der Waals surface area contributed by atoms with E-state index in [9.17, 15) is 22.4 Å². The summed E-state index contributed by atoms with van der Waals surface area (Å²) in [7, 11) is 0. The Bertz CT molecular complexity index is 430. The first-order valence-corrected chi connectivity index (χ1v) is 4.43. The maximum Gasteiger partial charge on any atom is 0.419 e. The van der Waals surface area contributed by atoms with E-state index >= 15 is 0 Å². The maximum atomic E-state index is 13.0. The summed E-state index contributed by atoms with van der Waals surface area (Å²) in [5, 5.41) is 1.74. The molecule has 0 aliphatic carbocycles. The maximum absolute atomic E-state index is 13.0. The SMILES string of the molecule is CC(=O)Nc1cc(F)c(C(F)(F)F)cc1Cl. The Labute approximate surface area is 93.2 Å². The molecular formula is C9H6ClF4NO. The van der Waals surface area contributed by atoms with Gasteiger partial charge in [0.05, 0.1) is 16.3 Å². The number of halogens is 5. The Balaban J connectivity index is 3.22. The number of hydrogen-bond donors (Lipinski definition) is 1. The lowest BCUT2D eigenvalue weighted by atomic mass is 10.2. The van der Waals surface area contributed by atoms with Crippen molar-refractivity contribution in [1.29, 1.82) is 0 Å². The van der Waals surface area contributed by atoms with Crippen LogP contribution in [0.2, 0.25) is 5.02 Å². The Kier molecular flexibility index (Phi) is 3.42. The first kappa shape index (κ1) is 12.8. The van der Waals surface area contributed by atoms with Gasteiger partial charge in [-0.15, -0.1) is 0 Å². The van der Waals surface area contributed by atoms with Crippen LogP contribution < -0.4 is 5.32 Å². The van der Waals surface area contributed by atoms with Crippen LogP contribution in [0.5, 0.6) is 0 Å². The fourth-order valence-electron chi connectivity index (χ4n) is 1.05. The van der Waals surface area contributed by atoms with Gasteiger partial charge in [-0.2, -0.15) is 13.2 Å². The molecular weight excluding hydrogens is 250 g/mol. The first-order valence-electron chi connectivity index (χ1n) is 4.05. The van der Waals surface area contributed by atoms with Crippen molar-refractivity contribution in [3.05, 3.63) is 28.5 Å². The second kappa shape index (κ2) is 4.29. The van der Waals surface area contributed by atoms with Crippen LogP contribution in [-0.4, -0.2) is 5.91 Å². The highest BCUT2D eigenvalue weighted by Crippen LogP contribution is 2.35. The number of anilines is 1. The van der Waals surface area contributed by atoms with Gasteiger partial charge in [-0.3, -0.25) is 4.79 Å². The van der Waals surface area contributed by atoms with Gasteiger partial charge in [-0.1, -0.05) is 11.6 Å². The van der Waals surface area contributed by atoms with E-state index in [1.165, 1.54) is 0 Å². The van der Waals surface area contributed by atoms with E-state index in [1.54, 1.807) is 0 Å². The number of carbonyl (C=O) groups excluding carboxylic acids is 1. The molecule has 0 aromatic heterocycles. The molecule has 0 aliphatic rings. The monoisotopic (exact) mass is 255 g/mol. The van der Waals surface area contributed by atoms with Crippen LogP contribution in [0.1, 0.15) is 12.5 Å². The molecule has 1 aromatic rings. The molecule has 0 fully saturated rings. The number of amides is 1. The topological polar surface area (TPSA) is 29.1 Å². The summed E-state index contributed by atoms with van der Waals surface area (Å²) in [6, 6.07) is 0.967. The van der Waals surface area contributed by atoms with E-state index < -0.39 is 23.5 Å². The standard InChI is InChI=1S/C9H6ClF4NO/c1-4(16)15-8-3-7(11)5(2-6(8)10)9(12,13)14/h2-3H,1H3,(H,15,16). The second-order valence-electron chi connectivity index (χ2n) is 2.99. The highest BCUT2D eigenvalue weighted by molar-refractivity contribution is 6.33. The Hall–Kier alpha value is -1.30. The summed E-state index contributed by atoms with van der Waals surface area (Å²) in [5.74, 6) is -2.04. The third-order valence-electron chi connectivity index (χ3n) is 1.67. The molecule has 0 unspecified atom stereocenters. The lowest BCUT2D eigenvalue weighted by molar-refractivity contribution is -0.139. The molecule has 1 N–H and O–H groups in total. The largest absolute Gasteiger partial charge is 0.419 e. The van der Waals surface area contributed by atoms with Crippen LogP contribution in [0.25, 0.3) is 0 Å². The fraction of sp³-hybridized carbons (Fsp3) is 0.222. The van der Waals surface area contributed by atoms with E-state index in [2.05, 4.69) is 5.32 Å². The number of nitrogens with one attached hydrogen (secondary N) is 1. The number of benzene rings is 1. The van der Waals surface area contributed by atoms with Crippen LogP contribution >= 0.6 is 11.6 Å². The van der Waals surface area contributed by atoms with Gasteiger partial charge in [0.15, 0.2) is 0 Å². The van der Waals surface area contributed by atoms with Crippen LogP contribution in [0.4, 0.5) is 23.2 Å². The van der Waals surface area contributed by atoms with Crippen molar-refractivity contribution in [3.8, 4) is 0 Å². The van der Waals surface area contributed by atoms with Gasteiger partial charge < -0.3 is 5.32 Å². The van der Waals surface area contributed by atoms with Crippen LogP contribution in [0.3, 0.4) is 0 Å². The van der Waals surface area contributed by atoms with Crippen molar-refractivity contribution in [2.24, 2.45) is 0 Å². The predicted molar refractivity (Wildman–Crippen MR) is 50.7 cm³/mol. The molecule has 7 heteroatoms. The van der Waals surface area contributed by atoms with Gasteiger partial charge in [0.2, 0.25) is 5.91 Å². The normalized spacial score (nSPS) is 11.4. The molecule has 0 heterocycles. The van der Waals surface area contributed by atoms with Crippen molar-refractivity contribution in [2.75, 3.05) is 5.32 Å². The van der Waals surface area contributed by atoms with E-state index in [4.69, 9.17) is 11.6 Å². The minimum atomic E-state index is -4.82. The molecule has 16 heavy (non-hydrogen) atoms. The Morgan fingerprint density at radius 1 is 1.38 bits per heavy atom. The fourth-order valence-corrected chi connectivity index (χ4v) is 1.26. The minimum absolute atomic E-state index is 0.195. The Morgan fingerprint density at radius 3 is 2.38 bits per heavy atom. The Morgan fingerprint density at radius 2 is 1.94 bits per heavy atom. The summed E-state index contributed by atoms with van der Waals surface area (Å²) in [6.07, 6.45) is -4.82. The molecule has 0 saturated heterocycles.